The number of likely N-dealkylation sites (N-methyl/N-ethyl adjacent to an activating group) is 1. The molecule has 1 aromatic carbocycles. The van der Waals surface area contributed by atoms with E-state index in [1.165, 1.54) is 0 Å². The molecule has 1 heterocycles. The van der Waals surface area contributed by atoms with E-state index >= 15 is 0 Å². The second kappa shape index (κ2) is 9.46. The molecule has 0 saturated carbocycles. The second-order valence-electron chi connectivity index (χ2n) is 7.47. The first-order valence-electron chi connectivity index (χ1n) is 9.12. The van der Waals surface area contributed by atoms with Crippen LogP contribution in [0.1, 0.15) is 32.8 Å². The molecule has 6 nitrogen and oxygen atoms in total. The minimum absolute atomic E-state index is 0.181. The molecule has 2 rings (SSSR count). The van der Waals surface area contributed by atoms with Gasteiger partial charge in [0.2, 0.25) is 5.95 Å². The van der Waals surface area contributed by atoms with Gasteiger partial charge in [0.25, 0.3) is 0 Å². The van der Waals surface area contributed by atoms with Gasteiger partial charge in [-0.15, -0.1) is 0 Å². The van der Waals surface area contributed by atoms with E-state index in [1.807, 2.05) is 63.3 Å². The third-order valence-corrected chi connectivity index (χ3v) is 3.91. The van der Waals surface area contributed by atoms with Gasteiger partial charge in [-0.3, -0.25) is 4.79 Å². The van der Waals surface area contributed by atoms with Crippen LogP contribution in [-0.4, -0.2) is 48.8 Å². The summed E-state index contributed by atoms with van der Waals surface area (Å²) in [5.74, 6) is 0.483. The number of carbonyl (C=O) groups excluding carboxylic acids is 1. The van der Waals surface area contributed by atoms with E-state index in [9.17, 15) is 4.79 Å². The number of ether oxygens (including phenoxy) is 2. The van der Waals surface area contributed by atoms with E-state index in [0.29, 0.717) is 25.4 Å². The van der Waals surface area contributed by atoms with Gasteiger partial charge in [-0.1, -0.05) is 24.3 Å². The smallest absolute Gasteiger partial charge is 0.306 e. The Morgan fingerprint density at radius 2 is 1.85 bits per heavy atom. The molecule has 0 fully saturated rings. The van der Waals surface area contributed by atoms with Crippen molar-refractivity contribution in [2.45, 2.75) is 39.2 Å². The molecule has 27 heavy (non-hydrogen) atoms. The summed E-state index contributed by atoms with van der Waals surface area (Å²) in [5, 5.41) is 0. The summed E-state index contributed by atoms with van der Waals surface area (Å²) in [6.07, 6.45) is 4.64. The van der Waals surface area contributed by atoms with Crippen LogP contribution in [0.4, 0.5) is 5.95 Å². The monoisotopic (exact) mass is 371 g/mol. The first-order valence-corrected chi connectivity index (χ1v) is 9.12. The van der Waals surface area contributed by atoms with Crippen molar-refractivity contribution in [3.63, 3.8) is 0 Å². The van der Waals surface area contributed by atoms with Crippen molar-refractivity contribution in [1.29, 1.82) is 0 Å². The molecule has 2 aromatic rings. The average Bonchev–Trinajstić information content (AvgIpc) is 2.63. The van der Waals surface area contributed by atoms with Crippen LogP contribution in [0.25, 0.3) is 11.1 Å². The maximum absolute atomic E-state index is 11.9. The summed E-state index contributed by atoms with van der Waals surface area (Å²) >= 11 is 0. The zero-order chi connectivity index (χ0) is 19.9. The molecule has 0 saturated heterocycles. The van der Waals surface area contributed by atoms with Crippen LogP contribution in [0.5, 0.6) is 0 Å². The summed E-state index contributed by atoms with van der Waals surface area (Å²) in [4.78, 5) is 22.7. The van der Waals surface area contributed by atoms with E-state index in [-0.39, 0.29) is 5.97 Å². The molecule has 0 amide bonds. The van der Waals surface area contributed by atoms with Gasteiger partial charge in [-0.2, -0.15) is 0 Å². The Bertz CT molecular complexity index is 739. The van der Waals surface area contributed by atoms with Crippen LogP contribution in [0.15, 0.2) is 36.7 Å². The van der Waals surface area contributed by atoms with E-state index in [1.54, 1.807) is 7.11 Å². The summed E-state index contributed by atoms with van der Waals surface area (Å²) in [7, 11) is 3.61. The number of methoxy groups -OCH3 is 1. The fourth-order valence-electron chi connectivity index (χ4n) is 2.54. The fraction of sp³-hybridized carbons (Fsp3) is 0.476. The van der Waals surface area contributed by atoms with E-state index in [0.717, 1.165) is 23.2 Å². The second-order valence-corrected chi connectivity index (χ2v) is 7.47. The van der Waals surface area contributed by atoms with Gasteiger partial charge in [-0.05, 0) is 38.3 Å². The van der Waals surface area contributed by atoms with Gasteiger partial charge in [-0.25, -0.2) is 9.97 Å². The van der Waals surface area contributed by atoms with Gasteiger partial charge < -0.3 is 14.4 Å². The van der Waals surface area contributed by atoms with Crippen molar-refractivity contribution >= 4 is 11.9 Å². The molecule has 1 aromatic heterocycles. The van der Waals surface area contributed by atoms with Crippen LogP contribution >= 0.6 is 0 Å². The molecular formula is C21H29N3O3. The quantitative estimate of drug-likeness (QED) is 0.662. The molecular weight excluding hydrogens is 342 g/mol. The summed E-state index contributed by atoms with van der Waals surface area (Å²) in [6.45, 7) is 6.99. The highest BCUT2D eigenvalue weighted by Crippen LogP contribution is 2.21. The standard InChI is InChI=1S/C21H29N3O3/c1-21(2,3)27-19(25)10-9-16-7-6-8-17(13-16)18-14-22-20(23-15-18)24(4)11-12-26-5/h6-8,13-15H,9-12H2,1-5H3. The number of nitrogens with zero attached hydrogens (tertiary/aromatic N) is 3. The molecule has 0 atom stereocenters. The van der Waals surface area contributed by atoms with Crippen molar-refractivity contribution in [2.75, 3.05) is 32.2 Å². The number of anilines is 1. The zero-order valence-corrected chi connectivity index (χ0v) is 16.9. The molecule has 0 unspecified atom stereocenters. The number of hydrogen-bond acceptors (Lipinski definition) is 6. The minimum atomic E-state index is -0.450. The lowest BCUT2D eigenvalue weighted by molar-refractivity contribution is -0.154. The largest absolute Gasteiger partial charge is 0.460 e. The number of esters is 1. The summed E-state index contributed by atoms with van der Waals surface area (Å²) < 4.78 is 10.4. The van der Waals surface area contributed by atoms with Crippen LogP contribution in [-0.2, 0) is 20.7 Å². The predicted molar refractivity (Wildman–Crippen MR) is 107 cm³/mol. The number of hydrogen-bond donors (Lipinski definition) is 0. The van der Waals surface area contributed by atoms with Crippen LogP contribution in [0, 0.1) is 0 Å². The molecule has 6 heteroatoms. The molecule has 0 N–H and O–H groups in total. The van der Waals surface area contributed by atoms with Gasteiger partial charge >= 0.3 is 5.97 Å². The molecule has 0 radical (unpaired) electrons. The molecule has 0 aliphatic rings. The van der Waals surface area contributed by atoms with Crippen molar-refractivity contribution in [1.82, 2.24) is 9.97 Å². The first kappa shape index (κ1) is 20.8. The highest BCUT2D eigenvalue weighted by molar-refractivity contribution is 5.70. The number of carbonyl (C=O) groups is 1. The number of aromatic nitrogens is 2. The Hall–Kier alpha value is -2.47. The van der Waals surface area contributed by atoms with Crippen molar-refractivity contribution < 1.29 is 14.3 Å². The maximum Gasteiger partial charge on any atom is 0.306 e. The Labute approximate surface area is 161 Å². The van der Waals surface area contributed by atoms with Crippen molar-refractivity contribution in [3.8, 4) is 11.1 Å². The van der Waals surface area contributed by atoms with Crippen LogP contribution < -0.4 is 4.90 Å². The summed E-state index contributed by atoms with van der Waals surface area (Å²) in [6, 6.07) is 8.08. The fourth-order valence-corrected chi connectivity index (χ4v) is 2.54. The van der Waals surface area contributed by atoms with Crippen LogP contribution in [0.2, 0.25) is 0 Å². The lowest BCUT2D eigenvalue weighted by Crippen LogP contribution is -2.24. The van der Waals surface area contributed by atoms with E-state index in [2.05, 4.69) is 16.0 Å². The topological polar surface area (TPSA) is 64.5 Å². The average molecular weight is 371 g/mol. The Morgan fingerprint density at radius 1 is 1.15 bits per heavy atom. The Morgan fingerprint density at radius 3 is 2.48 bits per heavy atom. The van der Waals surface area contributed by atoms with Gasteiger partial charge in [0.05, 0.1) is 6.61 Å². The highest BCUT2D eigenvalue weighted by Gasteiger charge is 2.16. The number of aryl methyl sites for hydroxylation is 1. The third-order valence-electron chi connectivity index (χ3n) is 3.91. The molecule has 146 valence electrons. The normalized spacial score (nSPS) is 11.3. The number of benzene rings is 1. The minimum Gasteiger partial charge on any atom is -0.460 e. The summed E-state index contributed by atoms with van der Waals surface area (Å²) in [5.41, 5.74) is 2.61. The predicted octanol–water partition coefficient (Wildman–Crippen LogP) is 3.50. The maximum atomic E-state index is 11.9. The van der Waals surface area contributed by atoms with Crippen molar-refractivity contribution in [2.24, 2.45) is 0 Å². The van der Waals surface area contributed by atoms with Gasteiger partial charge in [0.1, 0.15) is 5.60 Å². The number of rotatable bonds is 8. The zero-order valence-electron chi connectivity index (χ0n) is 16.9. The van der Waals surface area contributed by atoms with E-state index in [4.69, 9.17) is 9.47 Å². The SMILES string of the molecule is COCCN(C)c1ncc(-c2cccc(CCC(=O)OC(C)(C)C)c2)cn1. The Kier molecular flexibility index (Phi) is 7.30. The van der Waals surface area contributed by atoms with Crippen LogP contribution in [0.3, 0.4) is 0 Å². The lowest BCUT2D eigenvalue weighted by atomic mass is 10.0. The Balaban J connectivity index is 2.01. The van der Waals surface area contributed by atoms with Gasteiger partial charge in [0.15, 0.2) is 0 Å². The van der Waals surface area contributed by atoms with Crippen molar-refractivity contribution in [3.05, 3.63) is 42.2 Å². The van der Waals surface area contributed by atoms with Gasteiger partial charge in [0, 0.05) is 45.1 Å². The molecule has 0 spiro atoms. The highest BCUT2D eigenvalue weighted by atomic mass is 16.6. The van der Waals surface area contributed by atoms with E-state index < -0.39 is 5.60 Å². The first-order chi connectivity index (χ1) is 12.8. The molecule has 0 bridgehead atoms. The third kappa shape index (κ3) is 6.98. The lowest BCUT2D eigenvalue weighted by Gasteiger charge is -2.19. The molecule has 0 aliphatic heterocycles. The molecule has 0 aliphatic carbocycles.